The van der Waals surface area contributed by atoms with E-state index in [1.807, 2.05) is 0 Å². The van der Waals surface area contributed by atoms with Gasteiger partial charge in [-0.05, 0) is 30.9 Å². The molecule has 0 amide bonds. The van der Waals surface area contributed by atoms with Crippen molar-refractivity contribution in [2.24, 2.45) is 0 Å². The molecule has 0 bridgehead atoms. The average Bonchev–Trinajstić information content (AvgIpc) is 3.40. The number of halogens is 1. The maximum atomic E-state index is 12.1. The van der Waals surface area contributed by atoms with E-state index in [0.29, 0.717) is 11.3 Å². The van der Waals surface area contributed by atoms with Gasteiger partial charge in [-0.2, -0.15) is 9.97 Å². The average molecular weight is 526 g/mol. The molecule has 1 aliphatic carbocycles. The summed E-state index contributed by atoms with van der Waals surface area (Å²) in [5.41, 5.74) is 0.697. The minimum Gasteiger partial charge on any atom is -0.388 e. The van der Waals surface area contributed by atoms with E-state index in [0.717, 1.165) is 25.7 Å². The van der Waals surface area contributed by atoms with Crippen LogP contribution < -0.4 is 5.32 Å². The van der Waals surface area contributed by atoms with Crippen LogP contribution in [0.25, 0.3) is 11.2 Å². The summed E-state index contributed by atoms with van der Waals surface area (Å²) in [7, 11) is -8.85. The van der Waals surface area contributed by atoms with E-state index < -0.39 is 51.6 Å². The molecule has 0 spiro atoms. The summed E-state index contributed by atoms with van der Waals surface area (Å²) < 4.78 is 30.3. The van der Waals surface area contributed by atoms with Crippen LogP contribution in [-0.2, 0) is 13.9 Å². The largest absolute Gasteiger partial charge is 0.388 e. The van der Waals surface area contributed by atoms with Gasteiger partial charge in [-0.3, -0.25) is 13.7 Å². The second-order valence-corrected chi connectivity index (χ2v) is 13.4. The van der Waals surface area contributed by atoms with Gasteiger partial charge in [-0.25, -0.2) is 4.98 Å². The van der Waals surface area contributed by atoms with E-state index in [-0.39, 0.29) is 23.4 Å². The van der Waals surface area contributed by atoms with E-state index in [4.69, 9.17) is 26.1 Å². The van der Waals surface area contributed by atoms with Gasteiger partial charge >= 0.3 is 7.60 Å². The molecule has 4 rings (SSSR count). The Morgan fingerprint density at radius 1 is 1.15 bits per heavy atom. The fourth-order valence-corrected chi connectivity index (χ4v) is 8.02. The molecule has 0 radical (unpaired) electrons. The van der Waals surface area contributed by atoms with Crippen molar-refractivity contribution in [3.63, 3.8) is 0 Å². The number of rotatable bonds is 8. The maximum absolute atomic E-state index is 12.1. The van der Waals surface area contributed by atoms with Crippen molar-refractivity contribution in [3.05, 3.63) is 11.6 Å². The molecule has 2 aliphatic rings. The van der Waals surface area contributed by atoms with Crippen LogP contribution in [0.1, 0.15) is 38.3 Å². The molecule has 184 valence electrons. The van der Waals surface area contributed by atoms with E-state index in [9.17, 15) is 24.2 Å². The summed E-state index contributed by atoms with van der Waals surface area (Å²) in [5, 5.41) is 24.3. The third-order valence-corrected chi connectivity index (χ3v) is 10.2. The van der Waals surface area contributed by atoms with Gasteiger partial charge in [0, 0.05) is 12.2 Å². The first-order chi connectivity index (χ1) is 15.4. The minimum absolute atomic E-state index is 0.0343. The fraction of sp³-hybridized carbons (Fsp3) is 0.706. The molecular formula is C17H26ClN5O8P2. The summed E-state index contributed by atoms with van der Waals surface area (Å²) >= 11 is 6.11. The van der Waals surface area contributed by atoms with Crippen molar-refractivity contribution >= 4 is 43.5 Å². The van der Waals surface area contributed by atoms with Crippen LogP contribution in [0.2, 0.25) is 5.28 Å². The zero-order valence-corrected chi connectivity index (χ0v) is 20.0. The van der Waals surface area contributed by atoms with E-state index in [1.165, 1.54) is 10.9 Å². The van der Waals surface area contributed by atoms with Gasteiger partial charge in [0.25, 0.3) is 0 Å². The van der Waals surface area contributed by atoms with Gasteiger partial charge in [0.2, 0.25) is 12.7 Å². The molecule has 2 aromatic rings. The third-order valence-electron chi connectivity index (χ3n) is 5.87. The zero-order chi connectivity index (χ0) is 24.0. The van der Waals surface area contributed by atoms with Gasteiger partial charge in [0.05, 0.1) is 12.4 Å². The monoisotopic (exact) mass is 525 g/mol. The van der Waals surface area contributed by atoms with Gasteiger partial charge in [0.1, 0.15) is 18.1 Å². The number of aliphatic hydroxyl groups is 2. The Morgan fingerprint density at radius 2 is 1.85 bits per heavy atom. The standard InChI is InChI=1S/C17H26ClN5O8P2/c18-17-21-14(20-9-3-1-2-4-9)11-15(22-17)23(7-19-11)16-13(25)12(24)10(31-16)5-6-32(26,27)8-33(28,29)30/h7,9-10,12-13,16,24-25H,1-6,8H2,(H,26,27)(H,20,21,22)(H2,28,29,30)/t10-,12+,13?,16-/m1/s1. The van der Waals surface area contributed by atoms with Gasteiger partial charge in [-0.15, -0.1) is 0 Å². The predicted molar refractivity (Wildman–Crippen MR) is 118 cm³/mol. The Balaban J connectivity index is 1.53. The van der Waals surface area contributed by atoms with Crippen molar-refractivity contribution in [1.82, 2.24) is 19.5 Å². The summed E-state index contributed by atoms with van der Waals surface area (Å²) in [4.78, 5) is 40.5. The zero-order valence-electron chi connectivity index (χ0n) is 17.4. The number of anilines is 1. The highest BCUT2D eigenvalue weighted by atomic mass is 35.5. The summed E-state index contributed by atoms with van der Waals surface area (Å²) in [6.07, 6.45) is -0.0564. The lowest BCUT2D eigenvalue weighted by molar-refractivity contribution is -0.0354. The number of fused-ring (bicyclic) bond motifs is 1. The van der Waals surface area contributed by atoms with Crippen LogP contribution >= 0.6 is 26.6 Å². The van der Waals surface area contributed by atoms with Crippen molar-refractivity contribution in [2.75, 3.05) is 17.4 Å². The van der Waals surface area contributed by atoms with Crippen molar-refractivity contribution in [1.29, 1.82) is 0 Å². The van der Waals surface area contributed by atoms with Crippen LogP contribution in [-0.4, -0.2) is 80.8 Å². The van der Waals surface area contributed by atoms with E-state index in [2.05, 4.69) is 20.3 Å². The van der Waals surface area contributed by atoms with Crippen molar-refractivity contribution < 1.29 is 38.8 Å². The molecule has 1 aliphatic heterocycles. The van der Waals surface area contributed by atoms with E-state index >= 15 is 0 Å². The van der Waals surface area contributed by atoms with Gasteiger partial charge < -0.3 is 34.9 Å². The normalized spacial score (nSPS) is 28.4. The lowest BCUT2D eigenvalue weighted by atomic mass is 10.1. The van der Waals surface area contributed by atoms with Gasteiger partial charge in [0.15, 0.2) is 23.2 Å². The molecule has 1 saturated carbocycles. The Hall–Kier alpha value is -1.14. The molecular weight excluding hydrogens is 500 g/mol. The molecule has 33 heavy (non-hydrogen) atoms. The maximum Gasteiger partial charge on any atom is 0.335 e. The predicted octanol–water partition coefficient (Wildman–Crippen LogP) is 1.25. The fourth-order valence-electron chi connectivity index (χ4n) is 4.33. The number of ether oxygens (including phenoxy) is 1. The molecule has 13 nitrogen and oxygen atoms in total. The molecule has 5 atom stereocenters. The topological polar surface area (TPSA) is 200 Å². The van der Waals surface area contributed by atoms with Crippen LogP contribution in [0, 0.1) is 0 Å². The molecule has 2 fully saturated rings. The number of hydrogen-bond donors (Lipinski definition) is 6. The SMILES string of the molecule is O=P(O)(O)CP(=O)(O)CC[C@H]1O[C@@H](n2cnc3c(NC4CCCC4)nc(Cl)nc32)C(O)[C@H]1O. The Labute approximate surface area is 193 Å². The van der Waals surface area contributed by atoms with E-state index in [1.54, 1.807) is 0 Å². The Kier molecular flexibility index (Phi) is 7.18. The third kappa shape index (κ3) is 5.75. The number of aliphatic hydroxyl groups excluding tert-OH is 2. The first-order valence-corrected chi connectivity index (χ1v) is 14.7. The molecule has 2 unspecified atom stereocenters. The van der Waals surface area contributed by atoms with Crippen molar-refractivity contribution in [3.8, 4) is 0 Å². The lowest BCUT2D eigenvalue weighted by Gasteiger charge is -2.18. The summed E-state index contributed by atoms with van der Waals surface area (Å²) in [5.74, 6) is -0.702. The number of aromatic nitrogens is 4. The molecule has 1 saturated heterocycles. The summed E-state index contributed by atoms with van der Waals surface area (Å²) in [6, 6.07) is 0.242. The van der Waals surface area contributed by atoms with Crippen LogP contribution in [0.3, 0.4) is 0 Å². The van der Waals surface area contributed by atoms with Crippen LogP contribution in [0.5, 0.6) is 0 Å². The van der Waals surface area contributed by atoms with Gasteiger partial charge in [-0.1, -0.05) is 12.8 Å². The smallest absolute Gasteiger partial charge is 0.335 e. The molecule has 2 aromatic heterocycles. The first-order valence-electron chi connectivity index (χ1n) is 10.5. The number of imidazole rings is 1. The highest BCUT2D eigenvalue weighted by molar-refractivity contribution is 7.72. The highest BCUT2D eigenvalue weighted by Gasteiger charge is 2.45. The summed E-state index contributed by atoms with van der Waals surface area (Å²) in [6.45, 7) is 0. The second kappa shape index (κ2) is 9.49. The molecule has 3 heterocycles. The van der Waals surface area contributed by atoms with Crippen LogP contribution in [0.4, 0.5) is 5.82 Å². The Morgan fingerprint density at radius 3 is 2.52 bits per heavy atom. The molecule has 0 aromatic carbocycles. The van der Waals surface area contributed by atoms with Crippen molar-refractivity contribution in [2.45, 2.75) is 62.7 Å². The number of hydrogen-bond acceptors (Lipinski definition) is 9. The Bertz CT molecular complexity index is 1110. The lowest BCUT2D eigenvalue weighted by Crippen LogP contribution is -2.32. The second-order valence-electron chi connectivity index (χ2n) is 8.50. The number of nitrogens with zero attached hydrogens (tertiary/aromatic N) is 4. The van der Waals surface area contributed by atoms with Crippen LogP contribution in [0.15, 0.2) is 6.33 Å². The quantitative estimate of drug-likeness (QED) is 0.213. The molecule has 6 N–H and O–H groups in total. The number of nitrogens with one attached hydrogen (secondary N) is 1. The minimum atomic E-state index is -4.69. The molecule has 16 heteroatoms. The first kappa shape index (κ1) is 25.0. The highest BCUT2D eigenvalue weighted by Crippen LogP contribution is 2.55.